The van der Waals surface area contributed by atoms with Crippen LogP contribution in [-0.4, -0.2) is 33.2 Å². The quantitative estimate of drug-likeness (QED) is 0.709. The highest BCUT2D eigenvalue weighted by atomic mass is 32.2. The Morgan fingerprint density at radius 3 is 2.47 bits per heavy atom. The van der Waals surface area contributed by atoms with Crippen LogP contribution in [0.5, 0.6) is 0 Å². The van der Waals surface area contributed by atoms with Crippen molar-refractivity contribution in [3.8, 4) is 0 Å². The maximum atomic E-state index is 13.3. The number of hydrogen-bond donors (Lipinski definition) is 1. The van der Waals surface area contributed by atoms with Crippen LogP contribution in [0.1, 0.15) is 37.3 Å². The number of aryl methyl sites for hydroxylation is 2. The predicted molar refractivity (Wildman–Crippen MR) is 123 cm³/mol. The van der Waals surface area contributed by atoms with Gasteiger partial charge in [0.15, 0.2) is 5.17 Å². The number of rotatable bonds is 6. The fourth-order valence-corrected chi connectivity index (χ4v) is 4.96. The molecule has 5 nitrogen and oxygen atoms in total. The van der Waals surface area contributed by atoms with Gasteiger partial charge in [0.05, 0.1) is 5.69 Å². The first-order chi connectivity index (χ1) is 14.4. The Bertz CT molecular complexity index is 999. The summed E-state index contributed by atoms with van der Waals surface area (Å²) in [5.74, 6) is 0.370. The van der Waals surface area contributed by atoms with E-state index in [1.165, 1.54) is 11.8 Å². The second kappa shape index (κ2) is 8.64. The first-order valence-electron chi connectivity index (χ1n) is 10.4. The number of carbonyl (C=O) groups excluding carboxylic acids is 2. The van der Waals surface area contributed by atoms with Gasteiger partial charge in [0, 0.05) is 18.2 Å². The summed E-state index contributed by atoms with van der Waals surface area (Å²) in [6.45, 7) is 6.07. The van der Waals surface area contributed by atoms with Crippen molar-refractivity contribution in [1.29, 1.82) is 0 Å². The molecule has 2 aromatic carbocycles. The SMILES string of the molecule is Cc1ccccc1N=C1S[C@@H](CC(=O)Nc2ccccc2C)C(=O)N1[C@@H](C)C1CC1. The maximum absolute atomic E-state index is 13.3. The fourth-order valence-electron chi connectivity index (χ4n) is 3.73. The van der Waals surface area contributed by atoms with Crippen LogP contribution in [0.15, 0.2) is 53.5 Å². The average Bonchev–Trinajstić information content (AvgIpc) is 3.52. The van der Waals surface area contributed by atoms with E-state index in [0.717, 1.165) is 35.3 Å². The van der Waals surface area contributed by atoms with Crippen molar-refractivity contribution in [2.24, 2.45) is 10.9 Å². The lowest BCUT2D eigenvalue weighted by atomic mass is 10.1. The average molecular weight is 422 g/mol. The molecule has 1 N–H and O–H groups in total. The molecule has 30 heavy (non-hydrogen) atoms. The van der Waals surface area contributed by atoms with Crippen molar-refractivity contribution < 1.29 is 9.59 Å². The smallest absolute Gasteiger partial charge is 0.242 e. The lowest BCUT2D eigenvalue weighted by Gasteiger charge is -2.24. The van der Waals surface area contributed by atoms with Crippen LogP contribution in [0, 0.1) is 19.8 Å². The Morgan fingerprint density at radius 1 is 1.13 bits per heavy atom. The minimum absolute atomic E-state index is 0.00771. The molecule has 1 heterocycles. The zero-order chi connectivity index (χ0) is 21.3. The van der Waals surface area contributed by atoms with Gasteiger partial charge in [0.25, 0.3) is 0 Å². The maximum Gasteiger partial charge on any atom is 0.242 e. The second-order valence-corrected chi connectivity index (χ2v) is 9.31. The number of para-hydroxylation sites is 2. The normalized spacial score (nSPS) is 21.2. The number of nitrogens with one attached hydrogen (secondary N) is 1. The van der Waals surface area contributed by atoms with Crippen molar-refractivity contribution in [3.05, 3.63) is 59.7 Å². The van der Waals surface area contributed by atoms with Gasteiger partial charge in [-0.05, 0) is 62.8 Å². The third-order valence-electron chi connectivity index (χ3n) is 5.80. The molecule has 0 spiro atoms. The molecule has 2 aromatic rings. The second-order valence-electron chi connectivity index (χ2n) is 8.14. The van der Waals surface area contributed by atoms with E-state index in [-0.39, 0.29) is 24.3 Å². The zero-order valence-corrected chi connectivity index (χ0v) is 18.4. The Morgan fingerprint density at radius 2 is 1.80 bits per heavy atom. The molecule has 2 fully saturated rings. The predicted octanol–water partition coefficient (Wildman–Crippen LogP) is 5.06. The van der Waals surface area contributed by atoms with Crippen molar-refractivity contribution in [2.75, 3.05) is 5.32 Å². The molecule has 0 radical (unpaired) electrons. The Hall–Kier alpha value is -2.60. The highest BCUT2D eigenvalue weighted by Crippen LogP contribution is 2.41. The molecule has 0 aromatic heterocycles. The van der Waals surface area contributed by atoms with Gasteiger partial charge in [-0.1, -0.05) is 48.2 Å². The molecule has 0 unspecified atom stereocenters. The fraction of sp³-hybridized carbons (Fsp3) is 0.375. The largest absolute Gasteiger partial charge is 0.326 e. The van der Waals surface area contributed by atoms with Crippen molar-refractivity contribution in [1.82, 2.24) is 4.90 Å². The third-order valence-corrected chi connectivity index (χ3v) is 6.95. The first kappa shape index (κ1) is 20.7. The summed E-state index contributed by atoms with van der Waals surface area (Å²) in [7, 11) is 0. The number of amides is 2. The van der Waals surface area contributed by atoms with Crippen LogP contribution in [0.3, 0.4) is 0 Å². The van der Waals surface area contributed by atoms with E-state index in [2.05, 4.69) is 12.2 Å². The lowest BCUT2D eigenvalue weighted by molar-refractivity contribution is -0.129. The van der Waals surface area contributed by atoms with Crippen LogP contribution >= 0.6 is 11.8 Å². The van der Waals surface area contributed by atoms with Crippen LogP contribution < -0.4 is 5.32 Å². The molecule has 6 heteroatoms. The minimum Gasteiger partial charge on any atom is -0.326 e. The molecule has 2 amide bonds. The topological polar surface area (TPSA) is 61.8 Å². The number of anilines is 1. The molecule has 0 bridgehead atoms. The summed E-state index contributed by atoms with van der Waals surface area (Å²) in [6, 6.07) is 15.7. The molecular weight excluding hydrogens is 394 g/mol. The van der Waals surface area contributed by atoms with E-state index >= 15 is 0 Å². The van der Waals surface area contributed by atoms with Gasteiger partial charge >= 0.3 is 0 Å². The van der Waals surface area contributed by atoms with Gasteiger partial charge in [0.1, 0.15) is 5.25 Å². The lowest BCUT2D eigenvalue weighted by Crippen LogP contribution is -2.41. The molecule has 156 valence electrons. The van der Waals surface area contributed by atoms with E-state index in [1.807, 2.05) is 67.3 Å². The van der Waals surface area contributed by atoms with E-state index in [1.54, 1.807) is 0 Å². The zero-order valence-electron chi connectivity index (χ0n) is 17.6. The molecule has 1 aliphatic carbocycles. The van der Waals surface area contributed by atoms with Crippen LogP contribution in [0.4, 0.5) is 11.4 Å². The summed E-state index contributed by atoms with van der Waals surface area (Å²) in [5.41, 5.74) is 3.72. The Kier molecular flexibility index (Phi) is 5.95. The van der Waals surface area contributed by atoms with Crippen molar-refractivity contribution in [3.63, 3.8) is 0 Å². The molecule has 1 saturated carbocycles. The molecule has 4 rings (SSSR count). The van der Waals surface area contributed by atoms with Crippen LogP contribution in [0.25, 0.3) is 0 Å². The molecule has 2 atom stereocenters. The monoisotopic (exact) mass is 421 g/mol. The summed E-state index contributed by atoms with van der Waals surface area (Å²) in [5, 5.41) is 3.21. The van der Waals surface area contributed by atoms with Gasteiger partial charge < -0.3 is 5.32 Å². The number of amidine groups is 1. The summed E-state index contributed by atoms with van der Waals surface area (Å²) in [4.78, 5) is 32.6. The summed E-state index contributed by atoms with van der Waals surface area (Å²) < 4.78 is 0. The molecule has 1 aliphatic heterocycles. The van der Waals surface area contributed by atoms with E-state index < -0.39 is 5.25 Å². The molecule has 1 saturated heterocycles. The van der Waals surface area contributed by atoms with Gasteiger partial charge in [-0.25, -0.2) is 4.99 Å². The first-order valence-corrected chi connectivity index (χ1v) is 11.3. The molecular formula is C24H27N3O2S. The van der Waals surface area contributed by atoms with E-state index in [0.29, 0.717) is 11.1 Å². The molecule has 2 aliphatic rings. The van der Waals surface area contributed by atoms with Crippen molar-refractivity contribution >= 4 is 40.1 Å². The number of thioether (sulfide) groups is 1. The highest BCUT2D eigenvalue weighted by Gasteiger charge is 2.45. The number of hydrogen-bond acceptors (Lipinski definition) is 4. The van der Waals surface area contributed by atoms with Crippen LogP contribution in [-0.2, 0) is 9.59 Å². The van der Waals surface area contributed by atoms with Gasteiger partial charge in [0.2, 0.25) is 11.8 Å². The van der Waals surface area contributed by atoms with E-state index in [9.17, 15) is 9.59 Å². The Balaban J connectivity index is 1.54. The van der Waals surface area contributed by atoms with E-state index in [4.69, 9.17) is 4.99 Å². The van der Waals surface area contributed by atoms with Crippen molar-refractivity contribution in [2.45, 2.75) is 51.3 Å². The number of nitrogens with zero attached hydrogens (tertiary/aromatic N) is 2. The highest BCUT2D eigenvalue weighted by molar-refractivity contribution is 8.15. The van der Waals surface area contributed by atoms with Gasteiger partial charge in [-0.15, -0.1) is 0 Å². The summed E-state index contributed by atoms with van der Waals surface area (Å²) >= 11 is 1.41. The third kappa shape index (κ3) is 4.43. The number of carbonyl (C=O) groups is 2. The standard InChI is InChI=1S/C24H27N3O2S/c1-15-8-4-6-10-19(15)25-22(28)14-21-23(29)27(17(3)18-12-13-18)24(30-21)26-20-11-7-5-9-16(20)2/h4-11,17-18,21H,12-14H2,1-3H3,(H,25,28)/t17-,21-/m0/s1. The number of benzene rings is 2. The summed E-state index contributed by atoms with van der Waals surface area (Å²) in [6.07, 6.45) is 2.43. The Labute approximate surface area is 182 Å². The number of aliphatic imine (C=N–C) groups is 1. The van der Waals surface area contributed by atoms with Gasteiger partial charge in [-0.3, -0.25) is 14.5 Å². The minimum atomic E-state index is -0.446. The van der Waals surface area contributed by atoms with Gasteiger partial charge in [-0.2, -0.15) is 0 Å². The van der Waals surface area contributed by atoms with Crippen LogP contribution in [0.2, 0.25) is 0 Å².